The van der Waals surface area contributed by atoms with Crippen molar-refractivity contribution in [1.82, 2.24) is 9.78 Å². The summed E-state index contributed by atoms with van der Waals surface area (Å²) in [7, 11) is 0. The highest BCUT2D eigenvalue weighted by Crippen LogP contribution is 2.28. The summed E-state index contributed by atoms with van der Waals surface area (Å²) in [5.74, 6) is 0. The van der Waals surface area contributed by atoms with Crippen LogP contribution in [0.15, 0.2) is 48.5 Å². The number of para-hydroxylation sites is 1. The first-order valence-electron chi connectivity index (χ1n) is 7.13. The van der Waals surface area contributed by atoms with Crippen molar-refractivity contribution in [3.63, 3.8) is 0 Å². The number of rotatable bonds is 2. The largest absolute Gasteiger partial charge is 0.264 e. The standard InChI is InChI=1S/C18H16N2/c1-2-6-14(7-3-1)11-12-17-16-10-4-8-15-9-5-13-20(19-17)18(15)16/h1-4,6-8,10-12H,5,9,13H2. The molecule has 1 aliphatic heterocycles. The Bertz CT molecular complexity index is 782. The van der Waals surface area contributed by atoms with Crippen molar-refractivity contribution >= 4 is 23.1 Å². The molecule has 0 spiro atoms. The van der Waals surface area contributed by atoms with E-state index in [4.69, 9.17) is 5.10 Å². The molecular formula is C18H16N2. The third-order valence-corrected chi connectivity index (χ3v) is 3.93. The third kappa shape index (κ3) is 1.85. The molecule has 2 heterocycles. The lowest BCUT2D eigenvalue weighted by Crippen LogP contribution is -2.08. The Balaban J connectivity index is 1.82. The van der Waals surface area contributed by atoms with Crippen molar-refractivity contribution in [3.05, 3.63) is 65.4 Å². The van der Waals surface area contributed by atoms with Gasteiger partial charge in [0.1, 0.15) is 0 Å². The lowest BCUT2D eigenvalue weighted by Gasteiger charge is -2.13. The highest BCUT2D eigenvalue weighted by atomic mass is 15.3. The van der Waals surface area contributed by atoms with Gasteiger partial charge in [0.25, 0.3) is 0 Å². The van der Waals surface area contributed by atoms with Gasteiger partial charge in [-0.3, -0.25) is 4.68 Å². The Morgan fingerprint density at radius 3 is 2.75 bits per heavy atom. The average Bonchev–Trinajstić information content (AvgIpc) is 2.87. The fourth-order valence-electron chi connectivity index (χ4n) is 2.98. The van der Waals surface area contributed by atoms with Crippen molar-refractivity contribution in [2.75, 3.05) is 0 Å². The lowest BCUT2D eigenvalue weighted by atomic mass is 10.0. The van der Waals surface area contributed by atoms with Crippen LogP contribution in [0.3, 0.4) is 0 Å². The molecule has 3 aromatic rings. The molecule has 2 heteroatoms. The molecule has 4 rings (SSSR count). The Kier molecular flexibility index (Phi) is 2.66. The van der Waals surface area contributed by atoms with Crippen molar-refractivity contribution in [2.45, 2.75) is 19.4 Å². The summed E-state index contributed by atoms with van der Waals surface area (Å²) < 4.78 is 2.17. The number of hydrogen-bond acceptors (Lipinski definition) is 1. The fourth-order valence-corrected chi connectivity index (χ4v) is 2.98. The van der Waals surface area contributed by atoms with Crippen LogP contribution < -0.4 is 0 Å². The number of benzene rings is 2. The van der Waals surface area contributed by atoms with Crippen LogP contribution in [-0.2, 0) is 13.0 Å². The fraction of sp³-hybridized carbons (Fsp3) is 0.167. The molecule has 0 saturated carbocycles. The maximum atomic E-state index is 4.76. The van der Waals surface area contributed by atoms with Gasteiger partial charge in [0, 0.05) is 11.9 Å². The monoisotopic (exact) mass is 260 g/mol. The lowest BCUT2D eigenvalue weighted by molar-refractivity contribution is 0.572. The van der Waals surface area contributed by atoms with E-state index in [9.17, 15) is 0 Å². The van der Waals surface area contributed by atoms with Crippen molar-refractivity contribution in [2.24, 2.45) is 0 Å². The minimum Gasteiger partial charge on any atom is -0.264 e. The van der Waals surface area contributed by atoms with Gasteiger partial charge < -0.3 is 0 Å². The summed E-state index contributed by atoms with van der Waals surface area (Å²) in [6.45, 7) is 1.03. The zero-order valence-electron chi connectivity index (χ0n) is 11.3. The SMILES string of the molecule is C(=Cc1nn2c3c(cccc13)CCC2)c1ccccc1. The molecule has 2 nitrogen and oxygen atoms in total. The molecule has 1 aromatic heterocycles. The molecular weight excluding hydrogens is 244 g/mol. The van der Waals surface area contributed by atoms with E-state index in [1.807, 2.05) is 6.07 Å². The number of nitrogens with zero attached hydrogens (tertiary/aromatic N) is 2. The normalized spacial score (nSPS) is 14.2. The quantitative estimate of drug-likeness (QED) is 0.676. The van der Waals surface area contributed by atoms with E-state index in [-0.39, 0.29) is 0 Å². The summed E-state index contributed by atoms with van der Waals surface area (Å²) in [5.41, 5.74) is 5.04. The molecule has 2 aromatic carbocycles. The summed E-state index contributed by atoms with van der Waals surface area (Å²) in [4.78, 5) is 0. The molecule has 1 aliphatic rings. The Labute approximate surface area is 118 Å². The number of aryl methyl sites for hydroxylation is 2. The van der Waals surface area contributed by atoms with Gasteiger partial charge in [0.15, 0.2) is 0 Å². The topological polar surface area (TPSA) is 17.8 Å². The highest BCUT2D eigenvalue weighted by Gasteiger charge is 2.15. The van der Waals surface area contributed by atoms with E-state index >= 15 is 0 Å². The second-order valence-electron chi connectivity index (χ2n) is 5.27. The van der Waals surface area contributed by atoms with Crippen LogP contribution in [0.25, 0.3) is 23.1 Å². The summed E-state index contributed by atoms with van der Waals surface area (Å²) in [6.07, 6.45) is 6.63. The van der Waals surface area contributed by atoms with Crippen LogP contribution in [0.5, 0.6) is 0 Å². The Hall–Kier alpha value is -2.35. The van der Waals surface area contributed by atoms with Gasteiger partial charge in [-0.15, -0.1) is 0 Å². The molecule has 20 heavy (non-hydrogen) atoms. The van der Waals surface area contributed by atoms with Gasteiger partial charge in [0.2, 0.25) is 0 Å². The molecule has 0 unspecified atom stereocenters. The second kappa shape index (κ2) is 4.64. The van der Waals surface area contributed by atoms with Gasteiger partial charge >= 0.3 is 0 Å². The minimum atomic E-state index is 1.03. The molecule has 0 saturated heterocycles. The Morgan fingerprint density at radius 1 is 0.950 bits per heavy atom. The molecule has 98 valence electrons. The van der Waals surface area contributed by atoms with Gasteiger partial charge in [-0.05, 0) is 30.0 Å². The van der Waals surface area contributed by atoms with Gasteiger partial charge in [-0.25, -0.2) is 0 Å². The van der Waals surface area contributed by atoms with Crippen molar-refractivity contribution in [1.29, 1.82) is 0 Å². The summed E-state index contributed by atoms with van der Waals surface area (Å²) in [6, 6.07) is 16.9. The average molecular weight is 260 g/mol. The molecule has 0 atom stereocenters. The zero-order chi connectivity index (χ0) is 13.4. The Morgan fingerprint density at radius 2 is 1.85 bits per heavy atom. The summed E-state index contributed by atoms with van der Waals surface area (Å²) in [5, 5.41) is 6.04. The molecule has 0 bridgehead atoms. The minimum absolute atomic E-state index is 1.03. The van der Waals surface area contributed by atoms with Gasteiger partial charge in [-0.2, -0.15) is 5.10 Å². The van der Waals surface area contributed by atoms with E-state index in [0.717, 1.165) is 12.2 Å². The van der Waals surface area contributed by atoms with E-state index < -0.39 is 0 Å². The van der Waals surface area contributed by atoms with Crippen LogP contribution >= 0.6 is 0 Å². The zero-order valence-corrected chi connectivity index (χ0v) is 11.3. The van der Waals surface area contributed by atoms with Crippen LogP contribution in [-0.4, -0.2) is 9.78 Å². The number of hydrogen-bond donors (Lipinski definition) is 0. The second-order valence-corrected chi connectivity index (χ2v) is 5.27. The van der Waals surface area contributed by atoms with Gasteiger partial charge in [-0.1, -0.05) is 54.6 Å². The van der Waals surface area contributed by atoms with Crippen LogP contribution in [0.2, 0.25) is 0 Å². The first-order valence-corrected chi connectivity index (χ1v) is 7.13. The molecule has 0 radical (unpaired) electrons. The van der Waals surface area contributed by atoms with Crippen LogP contribution in [0.1, 0.15) is 23.2 Å². The van der Waals surface area contributed by atoms with E-state index in [2.05, 4.69) is 59.3 Å². The van der Waals surface area contributed by atoms with Crippen molar-refractivity contribution in [3.8, 4) is 0 Å². The number of aromatic nitrogens is 2. The first-order chi connectivity index (χ1) is 9.92. The van der Waals surface area contributed by atoms with E-state index in [0.29, 0.717) is 0 Å². The van der Waals surface area contributed by atoms with Crippen LogP contribution in [0.4, 0.5) is 0 Å². The first kappa shape index (κ1) is 11.5. The predicted molar refractivity (Wildman–Crippen MR) is 83.4 cm³/mol. The highest BCUT2D eigenvalue weighted by molar-refractivity contribution is 5.92. The smallest absolute Gasteiger partial charge is 0.0930 e. The van der Waals surface area contributed by atoms with Crippen molar-refractivity contribution < 1.29 is 0 Å². The van der Waals surface area contributed by atoms with Crippen LogP contribution in [0, 0.1) is 0 Å². The molecule has 0 fully saturated rings. The molecule has 0 N–H and O–H groups in total. The molecule has 0 aliphatic carbocycles. The maximum absolute atomic E-state index is 4.76. The maximum Gasteiger partial charge on any atom is 0.0930 e. The predicted octanol–water partition coefficient (Wildman–Crippen LogP) is 4.15. The summed E-state index contributed by atoms with van der Waals surface area (Å²) >= 11 is 0. The molecule has 0 amide bonds. The van der Waals surface area contributed by atoms with E-state index in [1.165, 1.54) is 34.9 Å². The third-order valence-electron chi connectivity index (χ3n) is 3.93. The van der Waals surface area contributed by atoms with E-state index in [1.54, 1.807) is 0 Å². The van der Waals surface area contributed by atoms with Gasteiger partial charge in [0.05, 0.1) is 11.2 Å².